The second kappa shape index (κ2) is 22.7. The number of nitrogens with zero attached hydrogens (tertiary/aromatic N) is 8. The first kappa shape index (κ1) is 55.3. The van der Waals surface area contributed by atoms with Crippen LogP contribution in [0.15, 0.2) is 316 Å². The van der Waals surface area contributed by atoms with Crippen molar-refractivity contribution in [1.29, 1.82) is 0 Å². The molecule has 10 heteroatoms. The van der Waals surface area contributed by atoms with Gasteiger partial charge >= 0.3 is 0 Å². The summed E-state index contributed by atoms with van der Waals surface area (Å²) in [6, 6.07) is 106. The average molecular weight is 1260 g/mol. The first-order valence-corrected chi connectivity index (χ1v) is 33.7. The molecule has 0 aliphatic heterocycles. The van der Waals surface area contributed by atoms with E-state index in [2.05, 4.69) is 240 Å². The van der Waals surface area contributed by atoms with Crippen LogP contribution in [0.1, 0.15) is 0 Å². The summed E-state index contributed by atoms with van der Waals surface area (Å²) in [6.07, 6.45) is 3.90. The van der Waals surface area contributed by atoms with E-state index >= 15 is 0 Å². The van der Waals surface area contributed by atoms with E-state index in [1.54, 1.807) is 0 Å². The molecule has 20 aromatic rings. The normalized spacial score (nSPS) is 11.8. The van der Waals surface area contributed by atoms with Gasteiger partial charge in [-0.25, -0.2) is 29.9 Å². The lowest BCUT2D eigenvalue weighted by molar-refractivity contribution is 1.05. The molecule has 96 heavy (non-hydrogen) atoms. The standard InChI is InChI=1S/C44H27N3S.C42H25N5S/c1-3-13-28(14-4-1)36-25-31(26-37(46-36)29-15-5-2-6-16-29)30-23-24-40(45-27-30)47-38-21-11-9-19-34(38)42-43(47)33-18-8-7-17-32(33)41-35-20-10-12-22-39(35)48-44(41)42;1-3-12-27(13-4-1)40-44-41(28-14-5-2-6-15-28)46-42(45-40)29-20-24-36(43-25-29)47-34-23-19-26-11-7-8-16-30(26)37(34)33-22-21-32-31-17-9-10-18-35(31)48-39(32)38(33)47/h1-27H;1-25H. The van der Waals surface area contributed by atoms with Crippen LogP contribution in [0.2, 0.25) is 0 Å². The van der Waals surface area contributed by atoms with Crippen LogP contribution in [0.4, 0.5) is 0 Å². The van der Waals surface area contributed by atoms with Gasteiger partial charge in [0.25, 0.3) is 0 Å². The Morgan fingerprint density at radius 3 is 1.35 bits per heavy atom. The van der Waals surface area contributed by atoms with Gasteiger partial charge in [-0.05, 0) is 82.4 Å². The van der Waals surface area contributed by atoms with E-state index in [0.717, 1.165) is 73.0 Å². The number of para-hydroxylation sites is 1. The summed E-state index contributed by atoms with van der Waals surface area (Å²) in [4.78, 5) is 30.1. The maximum atomic E-state index is 5.18. The van der Waals surface area contributed by atoms with Crippen LogP contribution in [0.25, 0.3) is 185 Å². The Hall–Kier alpha value is -12.3. The van der Waals surface area contributed by atoms with Gasteiger partial charge in [-0.15, -0.1) is 22.7 Å². The number of aromatic nitrogens is 8. The molecule has 0 unspecified atom stereocenters. The maximum absolute atomic E-state index is 5.18. The molecule has 0 amide bonds. The van der Waals surface area contributed by atoms with Gasteiger partial charge in [0.15, 0.2) is 17.5 Å². The van der Waals surface area contributed by atoms with E-state index in [1.807, 2.05) is 108 Å². The van der Waals surface area contributed by atoms with Crippen molar-refractivity contribution in [3.8, 4) is 79.4 Å². The molecule has 8 aromatic heterocycles. The van der Waals surface area contributed by atoms with Crippen LogP contribution in [0.5, 0.6) is 0 Å². The Kier molecular flexibility index (Phi) is 13.1. The zero-order valence-electron chi connectivity index (χ0n) is 51.4. The third kappa shape index (κ3) is 9.17. The van der Waals surface area contributed by atoms with Crippen LogP contribution in [-0.4, -0.2) is 39.0 Å². The van der Waals surface area contributed by atoms with E-state index in [9.17, 15) is 0 Å². The molecule has 8 heterocycles. The van der Waals surface area contributed by atoms with E-state index in [0.29, 0.717) is 17.5 Å². The summed E-state index contributed by atoms with van der Waals surface area (Å²) >= 11 is 3.73. The number of rotatable bonds is 8. The SMILES string of the molecule is c1ccc(-c2cc(-c3ccc(-n4c5ccccc5c5c6sc7ccccc7c6c6ccccc6c54)nc3)cc(-c3ccccc3)n2)cc1.c1ccc(-c2nc(-c3ccccc3)nc(-c3ccc(-n4c5ccc6ccccc6c5c5ccc6c7ccccc7sc6c54)nc3)n2)cc1. The molecular formula is C86H52N8S2. The fourth-order valence-electron chi connectivity index (χ4n) is 14.1. The van der Waals surface area contributed by atoms with Gasteiger partial charge in [0.2, 0.25) is 0 Å². The second-order valence-corrected chi connectivity index (χ2v) is 26.2. The van der Waals surface area contributed by atoms with Gasteiger partial charge in [-0.3, -0.25) is 9.13 Å². The van der Waals surface area contributed by atoms with Crippen molar-refractivity contribution < 1.29 is 0 Å². The van der Waals surface area contributed by atoms with Gasteiger partial charge in [0, 0.05) is 108 Å². The summed E-state index contributed by atoms with van der Waals surface area (Å²) in [7, 11) is 0. The molecule has 0 fully saturated rings. The lowest BCUT2D eigenvalue weighted by Gasteiger charge is -2.12. The zero-order chi connectivity index (χ0) is 63.2. The third-order valence-electron chi connectivity index (χ3n) is 18.5. The Morgan fingerprint density at radius 1 is 0.250 bits per heavy atom. The van der Waals surface area contributed by atoms with E-state index in [4.69, 9.17) is 29.9 Å². The Labute approximate surface area is 558 Å². The summed E-state index contributed by atoms with van der Waals surface area (Å²) in [5, 5.41) is 15.2. The third-order valence-corrected chi connectivity index (χ3v) is 20.9. The van der Waals surface area contributed by atoms with Gasteiger partial charge in [-0.1, -0.05) is 243 Å². The molecule has 0 bridgehead atoms. The van der Waals surface area contributed by atoms with Crippen LogP contribution in [0, 0.1) is 0 Å². The van der Waals surface area contributed by atoms with Gasteiger partial charge in [-0.2, -0.15) is 0 Å². The number of pyridine rings is 3. The van der Waals surface area contributed by atoms with E-state index < -0.39 is 0 Å². The smallest absolute Gasteiger partial charge is 0.165 e. The fraction of sp³-hybridized carbons (Fsp3) is 0. The minimum Gasteiger partial charge on any atom is -0.293 e. The lowest BCUT2D eigenvalue weighted by atomic mass is 10.00. The largest absolute Gasteiger partial charge is 0.293 e. The lowest BCUT2D eigenvalue weighted by Crippen LogP contribution is -2.01. The van der Waals surface area contributed by atoms with Gasteiger partial charge < -0.3 is 0 Å². The summed E-state index contributed by atoms with van der Waals surface area (Å²) in [6.45, 7) is 0. The molecule has 0 saturated carbocycles. The van der Waals surface area contributed by atoms with Crippen LogP contribution < -0.4 is 0 Å². The zero-order valence-corrected chi connectivity index (χ0v) is 53.0. The number of fused-ring (bicyclic) bond motifs is 19. The molecule has 0 saturated heterocycles. The quantitative estimate of drug-likeness (QED) is 0.151. The molecular weight excluding hydrogens is 1210 g/mol. The molecule has 12 aromatic carbocycles. The van der Waals surface area contributed by atoms with Crippen molar-refractivity contribution in [2.24, 2.45) is 0 Å². The minimum atomic E-state index is 0.585. The number of hydrogen-bond donors (Lipinski definition) is 0. The molecule has 0 atom stereocenters. The van der Waals surface area contributed by atoms with Crippen molar-refractivity contribution in [3.63, 3.8) is 0 Å². The molecule has 0 aliphatic carbocycles. The maximum Gasteiger partial charge on any atom is 0.165 e. The Morgan fingerprint density at radius 2 is 0.729 bits per heavy atom. The van der Waals surface area contributed by atoms with Crippen molar-refractivity contribution in [1.82, 2.24) is 39.0 Å². The molecule has 20 rings (SSSR count). The molecule has 0 radical (unpaired) electrons. The predicted molar refractivity (Wildman–Crippen MR) is 402 cm³/mol. The Balaban J connectivity index is 0.000000135. The first-order chi connectivity index (χ1) is 47.6. The topological polar surface area (TPSA) is 87.2 Å². The number of thiophene rings is 2. The highest BCUT2D eigenvalue weighted by Crippen LogP contribution is 2.49. The van der Waals surface area contributed by atoms with Crippen molar-refractivity contribution in [2.75, 3.05) is 0 Å². The summed E-state index contributed by atoms with van der Waals surface area (Å²) in [5.41, 5.74) is 13.6. The highest BCUT2D eigenvalue weighted by atomic mass is 32.1. The fourth-order valence-corrected chi connectivity index (χ4v) is 16.7. The monoisotopic (exact) mass is 1260 g/mol. The van der Waals surface area contributed by atoms with Crippen molar-refractivity contribution in [3.05, 3.63) is 316 Å². The van der Waals surface area contributed by atoms with Crippen LogP contribution in [-0.2, 0) is 0 Å². The van der Waals surface area contributed by atoms with E-state index in [1.165, 1.54) is 94.5 Å². The van der Waals surface area contributed by atoms with Gasteiger partial charge in [0.1, 0.15) is 11.6 Å². The summed E-state index contributed by atoms with van der Waals surface area (Å²) in [5.74, 6) is 3.59. The summed E-state index contributed by atoms with van der Waals surface area (Å²) < 4.78 is 9.87. The van der Waals surface area contributed by atoms with Crippen molar-refractivity contribution >= 4 is 128 Å². The molecule has 8 nitrogen and oxygen atoms in total. The highest BCUT2D eigenvalue weighted by molar-refractivity contribution is 7.27. The highest BCUT2D eigenvalue weighted by Gasteiger charge is 2.24. The van der Waals surface area contributed by atoms with Crippen LogP contribution in [0.3, 0.4) is 0 Å². The average Bonchev–Trinajstić information content (AvgIpc) is 1.54. The molecule has 0 N–H and O–H groups in total. The van der Waals surface area contributed by atoms with Crippen molar-refractivity contribution in [2.45, 2.75) is 0 Å². The van der Waals surface area contributed by atoms with E-state index in [-0.39, 0.29) is 0 Å². The first-order valence-electron chi connectivity index (χ1n) is 32.1. The number of benzene rings is 12. The van der Waals surface area contributed by atoms with Crippen LogP contribution >= 0.6 is 22.7 Å². The second-order valence-electron chi connectivity index (χ2n) is 24.1. The minimum absolute atomic E-state index is 0.585. The Bertz CT molecular complexity index is 6310. The molecule has 0 aliphatic rings. The number of hydrogen-bond acceptors (Lipinski definition) is 8. The molecule has 448 valence electrons. The molecule has 0 spiro atoms. The van der Waals surface area contributed by atoms with Gasteiger partial charge in [0.05, 0.1) is 38.2 Å². The predicted octanol–water partition coefficient (Wildman–Crippen LogP) is 23.0.